The molecule has 30 heavy (non-hydrogen) atoms. The first-order valence-corrected chi connectivity index (χ1v) is 10.7. The van der Waals surface area contributed by atoms with Gasteiger partial charge in [-0.15, -0.1) is 16.4 Å². The molecule has 0 radical (unpaired) electrons. The molecule has 2 aromatic carbocycles. The molecule has 0 atom stereocenters. The first-order chi connectivity index (χ1) is 14.5. The van der Waals surface area contributed by atoms with Crippen molar-refractivity contribution >= 4 is 22.2 Å². The Morgan fingerprint density at radius 2 is 1.53 bits per heavy atom. The van der Waals surface area contributed by atoms with E-state index in [1.807, 2.05) is 36.7 Å². The van der Waals surface area contributed by atoms with E-state index < -0.39 is 0 Å². The molecule has 5 nitrogen and oxygen atoms in total. The summed E-state index contributed by atoms with van der Waals surface area (Å²) in [6.45, 7) is 8.18. The number of nitrogens with zero attached hydrogens (tertiary/aromatic N) is 5. The number of fused-ring (bicyclic) bond motifs is 1. The standard InChI is InChI=1S/C24H21N5S/c1-14-10-12-19(13-11-14)29-17(4)20-15(2)26-27-22(21(20)28-29)23-16(3)25-24(30-23)18-8-6-5-7-9-18/h5-13H,1-4H3. The molecular formula is C24H21N5S. The zero-order chi connectivity index (χ0) is 20.8. The Morgan fingerprint density at radius 1 is 0.800 bits per heavy atom. The van der Waals surface area contributed by atoms with Crippen molar-refractivity contribution in [1.29, 1.82) is 0 Å². The van der Waals surface area contributed by atoms with E-state index in [0.29, 0.717) is 0 Å². The lowest BCUT2D eigenvalue weighted by Crippen LogP contribution is -1.98. The Kier molecular flexibility index (Phi) is 4.44. The normalized spacial score (nSPS) is 11.3. The summed E-state index contributed by atoms with van der Waals surface area (Å²) in [7, 11) is 0. The van der Waals surface area contributed by atoms with Crippen molar-refractivity contribution in [3.8, 4) is 26.8 Å². The second-order valence-corrected chi connectivity index (χ2v) is 8.49. The summed E-state index contributed by atoms with van der Waals surface area (Å²) in [4.78, 5) is 5.81. The fourth-order valence-electron chi connectivity index (χ4n) is 3.73. The SMILES string of the molecule is Cc1ccc(-n2nc3c(-c4sc(-c5ccccc5)nc4C)nnc(C)c3c2C)cc1. The van der Waals surface area contributed by atoms with Crippen molar-refractivity contribution in [3.05, 3.63) is 77.2 Å². The van der Waals surface area contributed by atoms with E-state index in [0.717, 1.165) is 54.8 Å². The molecule has 0 saturated heterocycles. The smallest absolute Gasteiger partial charge is 0.133 e. The quantitative estimate of drug-likeness (QED) is 0.374. The third-order valence-electron chi connectivity index (χ3n) is 5.31. The Bertz CT molecular complexity index is 1360. The molecule has 0 amide bonds. The van der Waals surface area contributed by atoms with Crippen LogP contribution in [-0.2, 0) is 0 Å². The number of rotatable bonds is 3. The molecule has 0 fully saturated rings. The van der Waals surface area contributed by atoms with Crippen molar-refractivity contribution in [2.75, 3.05) is 0 Å². The van der Waals surface area contributed by atoms with Crippen molar-refractivity contribution in [2.24, 2.45) is 0 Å². The summed E-state index contributed by atoms with van der Waals surface area (Å²) in [6.07, 6.45) is 0. The molecule has 0 N–H and O–H groups in total. The maximum Gasteiger partial charge on any atom is 0.133 e. The Labute approximate surface area is 179 Å². The molecule has 5 aromatic rings. The summed E-state index contributed by atoms with van der Waals surface area (Å²) in [6, 6.07) is 18.6. The molecule has 0 aliphatic carbocycles. The Morgan fingerprint density at radius 3 is 2.27 bits per heavy atom. The van der Waals surface area contributed by atoms with Gasteiger partial charge < -0.3 is 0 Å². The second-order valence-electron chi connectivity index (χ2n) is 7.49. The van der Waals surface area contributed by atoms with E-state index in [4.69, 9.17) is 10.1 Å². The van der Waals surface area contributed by atoms with E-state index in [1.165, 1.54) is 5.56 Å². The zero-order valence-corrected chi connectivity index (χ0v) is 18.2. The first kappa shape index (κ1) is 18.6. The van der Waals surface area contributed by atoms with Gasteiger partial charge in [0.05, 0.1) is 27.6 Å². The van der Waals surface area contributed by atoms with Gasteiger partial charge in [0, 0.05) is 10.9 Å². The van der Waals surface area contributed by atoms with Crippen LogP contribution in [0.4, 0.5) is 0 Å². The molecule has 3 aromatic heterocycles. The number of benzene rings is 2. The average Bonchev–Trinajstić information content (AvgIpc) is 3.31. The van der Waals surface area contributed by atoms with Crippen molar-refractivity contribution in [1.82, 2.24) is 25.0 Å². The van der Waals surface area contributed by atoms with Crippen LogP contribution >= 0.6 is 11.3 Å². The lowest BCUT2D eigenvalue weighted by molar-refractivity contribution is 0.860. The van der Waals surface area contributed by atoms with Gasteiger partial charge in [-0.2, -0.15) is 10.2 Å². The lowest BCUT2D eigenvalue weighted by Gasteiger charge is -2.04. The highest BCUT2D eigenvalue weighted by Crippen LogP contribution is 2.38. The van der Waals surface area contributed by atoms with Gasteiger partial charge in [0.1, 0.15) is 16.2 Å². The molecule has 0 spiro atoms. The highest BCUT2D eigenvalue weighted by atomic mass is 32.1. The summed E-state index contributed by atoms with van der Waals surface area (Å²) in [5, 5.41) is 16.0. The summed E-state index contributed by atoms with van der Waals surface area (Å²) < 4.78 is 1.98. The molecule has 0 aliphatic rings. The van der Waals surface area contributed by atoms with E-state index in [1.54, 1.807) is 11.3 Å². The van der Waals surface area contributed by atoms with Crippen molar-refractivity contribution in [2.45, 2.75) is 27.7 Å². The van der Waals surface area contributed by atoms with Crippen LogP contribution in [0.3, 0.4) is 0 Å². The van der Waals surface area contributed by atoms with Gasteiger partial charge in [-0.05, 0) is 39.8 Å². The fourth-order valence-corrected chi connectivity index (χ4v) is 4.79. The predicted molar refractivity (Wildman–Crippen MR) is 122 cm³/mol. The molecule has 148 valence electrons. The molecule has 3 heterocycles. The number of hydrogen-bond donors (Lipinski definition) is 0. The first-order valence-electron chi connectivity index (χ1n) is 9.86. The summed E-state index contributed by atoms with van der Waals surface area (Å²) in [5.74, 6) is 0. The van der Waals surface area contributed by atoms with Crippen LogP contribution in [-0.4, -0.2) is 25.0 Å². The van der Waals surface area contributed by atoms with Gasteiger partial charge in [-0.25, -0.2) is 9.67 Å². The van der Waals surface area contributed by atoms with Gasteiger partial charge in [-0.3, -0.25) is 0 Å². The largest absolute Gasteiger partial charge is 0.241 e. The second kappa shape index (κ2) is 7.15. The average molecular weight is 412 g/mol. The maximum atomic E-state index is 4.97. The van der Waals surface area contributed by atoms with Gasteiger partial charge in [0.25, 0.3) is 0 Å². The minimum absolute atomic E-state index is 0.793. The molecule has 0 bridgehead atoms. The number of aryl methyl sites for hydroxylation is 4. The fraction of sp³-hybridized carbons (Fsp3) is 0.167. The van der Waals surface area contributed by atoms with Crippen LogP contribution in [0.2, 0.25) is 0 Å². The summed E-state index contributed by atoms with van der Waals surface area (Å²) >= 11 is 1.64. The van der Waals surface area contributed by atoms with Crippen LogP contribution in [0.5, 0.6) is 0 Å². The molecule has 5 rings (SSSR count). The van der Waals surface area contributed by atoms with Crippen molar-refractivity contribution in [3.63, 3.8) is 0 Å². The van der Waals surface area contributed by atoms with Gasteiger partial charge in [-0.1, -0.05) is 48.0 Å². The molecule has 0 unspecified atom stereocenters. The predicted octanol–water partition coefficient (Wildman–Crippen LogP) is 5.84. The van der Waals surface area contributed by atoms with Crippen LogP contribution in [0, 0.1) is 27.7 Å². The van der Waals surface area contributed by atoms with Crippen LogP contribution in [0.25, 0.3) is 37.7 Å². The topological polar surface area (TPSA) is 56.5 Å². The van der Waals surface area contributed by atoms with Gasteiger partial charge >= 0.3 is 0 Å². The third-order valence-corrected chi connectivity index (χ3v) is 6.53. The van der Waals surface area contributed by atoms with Crippen LogP contribution in [0.1, 0.15) is 22.6 Å². The Hall–Kier alpha value is -3.38. The van der Waals surface area contributed by atoms with Crippen LogP contribution < -0.4 is 0 Å². The number of aromatic nitrogens is 5. The molecule has 0 saturated carbocycles. The minimum atomic E-state index is 0.793. The van der Waals surface area contributed by atoms with Crippen molar-refractivity contribution < 1.29 is 0 Å². The monoisotopic (exact) mass is 411 g/mol. The van der Waals surface area contributed by atoms with Crippen LogP contribution in [0.15, 0.2) is 54.6 Å². The zero-order valence-electron chi connectivity index (χ0n) is 17.3. The van der Waals surface area contributed by atoms with E-state index in [2.05, 4.69) is 60.4 Å². The Balaban J connectivity index is 1.71. The molecule has 0 aliphatic heterocycles. The van der Waals surface area contributed by atoms with E-state index in [9.17, 15) is 0 Å². The van der Waals surface area contributed by atoms with Gasteiger partial charge in [0.15, 0.2) is 0 Å². The van der Waals surface area contributed by atoms with E-state index in [-0.39, 0.29) is 0 Å². The number of thiazole rings is 1. The highest BCUT2D eigenvalue weighted by Gasteiger charge is 2.21. The van der Waals surface area contributed by atoms with Gasteiger partial charge in [0.2, 0.25) is 0 Å². The number of hydrogen-bond acceptors (Lipinski definition) is 5. The summed E-state index contributed by atoms with van der Waals surface area (Å²) in [5.41, 5.74) is 7.92. The lowest BCUT2D eigenvalue weighted by atomic mass is 10.1. The maximum absolute atomic E-state index is 4.97. The van der Waals surface area contributed by atoms with E-state index >= 15 is 0 Å². The molecule has 6 heteroatoms. The molecular weight excluding hydrogens is 390 g/mol. The highest BCUT2D eigenvalue weighted by molar-refractivity contribution is 7.18. The third kappa shape index (κ3) is 3.00. The minimum Gasteiger partial charge on any atom is -0.241 e.